The molecule has 5 nitrogen and oxygen atoms in total. The van der Waals surface area contributed by atoms with Crippen LogP contribution in [0.3, 0.4) is 0 Å². The summed E-state index contributed by atoms with van der Waals surface area (Å²) in [4.78, 5) is 4.36. The first-order chi connectivity index (χ1) is 9.28. The van der Waals surface area contributed by atoms with Gasteiger partial charge in [0.15, 0.2) is 5.58 Å². The summed E-state index contributed by atoms with van der Waals surface area (Å²) >= 11 is 0. The van der Waals surface area contributed by atoms with Crippen LogP contribution in [0.5, 0.6) is 0 Å². The Balaban J connectivity index is 1.70. The van der Waals surface area contributed by atoms with E-state index in [-0.39, 0.29) is 6.61 Å². The third kappa shape index (κ3) is 2.38. The summed E-state index contributed by atoms with van der Waals surface area (Å²) in [5, 5.41) is 12.5. The molecule has 0 bridgehead atoms. The first-order valence-electron chi connectivity index (χ1n) is 6.77. The number of nitrogens with one attached hydrogen (secondary N) is 1. The van der Waals surface area contributed by atoms with Crippen LogP contribution in [0, 0.1) is 11.8 Å². The summed E-state index contributed by atoms with van der Waals surface area (Å²) in [5.74, 6) is 0.902. The van der Waals surface area contributed by atoms with Crippen LogP contribution in [0.2, 0.25) is 0 Å². The highest BCUT2D eigenvalue weighted by atomic mass is 16.4. The highest BCUT2D eigenvalue weighted by Gasteiger charge is 2.26. The molecule has 2 aromatic rings. The fourth-order valence-corrected chi connectivity index (χ4v) is 2.89. The lowest BCUT2D eigenvalue weighted by Gasteiger charge is -2.16. The SMILES string of the molecule is Nc1cccc2oc(NCC3CCCC3CO)nc12. The van der Waals surface area contributed by atoms with Gasteiger partial charge in [0.2, 0.25) is 0 Å². The van der Waals surface area contributed by atoms with Crippen molar-refractivity contribution in [3.63, 3.8) is 0 Å². The smallest absolute Gasteiger partial charge is 0.295 e. The average Bonchev–Trinajstić information content (AvgIpc) is 3.02. The minimum atomic E-state index is 0.271. The molecular weight excluding hydrogens is 242 g/mol. The first-order valence-corrected chi connectivity index (χ1v) is 6.77. The molecule has 4 N–H and O–H groups in total. The van der Waals surface area contributed by atoms with Gasteiger partial charge in [0.25, 0.3) is 6.01 Å². The summed E-state index contributed by atoms with van der Waals surface area (Å²) in [6.07, 6.45) is 3.46. The summed E-state index contributed by atoms with van der Waals surface area (Å²) in [6.45, 7) is 1.06. The number of aliphatic hydroxyl groups excluding tert-OH is 1. The van der Waals surface area contributed by atoms with Crippen molar-refractivity contribution in [3.05, 3.63) is 18.2 Å². The van der Waals surface area contributed by atoms with Gasteiger partial charge in [-0.3, -0.25) is 0 Å². The number of hydrogen-bond donors (Lipinski definition) is 3. The van der Waals surface area contributed by atoms with Crippen molar-refractivity contribution in [2.24, 2.45) is 11.8 Å². The van der Waals surface area contributed by atoms with Gasteiger partial charge in [0, 0.05) is 13.2 Å². The van der Waals surface area contributed by atoms with Gasteiger partial charge in [-0.1, -0.05) is 12.5 Å². The number of nitrogen functional groups attached to an aromatic ring is 1. The number of aliphatic hydroxyl groups is 1. The van der Waals surface area contributed by atoms with E-state index < -0.39 is 0 Å². The molecular formula is C14H19N3O2. The number of nitrogens with zero attached hydrogens (tertiary/aromatic N) is 1. The number of para-hydroxylation sites is 1. The largest absolute Gasteiger partial charge is 0.423 e. The number of hydrogen-bond acceptors (Lipinski definition) is 5. The highest BCUT2D eigenvalue weighted by Crippen LogP contribution is 2.32. The van der Waals surface area contributed by atoms with Crippen LogP contribution in [0.25, 0.3) is 11.1 Å². The second-order valence-electron chi connectivity index (χ2n) is 5.23. The van der Waals surface area contributed by atoms with Crippen LogP contribution in [-0.2, 0) is 0 Å². The van der Waals surface area contributed by atoms with Crippen LogP contribution < -0.4 is 11.1 Å². The predicted octanol–water partition coefficient (Wildman–Crippen LogP) is 2.23. The van der Waals surface area contributed by atoms with Gasteiger partial charge in [-0.2, -0.15) is 4.98 Å². The van der Waals surface area contributed by atoms with Crippen molar-refractivity contribution in [2.75, 3.05) is 24.2 Å². The molecule has 2 atom stereocenters. The Morgan fingerprint density at radius 1 is 1.37 bits per heavy atom. The second kappa shape index (κ2) is 5.09. The van der Waals surface area contributed by atoms with E-state index in [1.165, 1.54) is 6.42 Å². The van der Waals surface area contributed by atoms with Crippen molar-refractivity contribution in [1.82, 2.24) is 4.98 Å². The Kier molecular flexibility index (Phi) is 3.29. The van der Waals surface area contributed by atoms with Crippen LogP contribution in [0.1, 0.15) is 19.3 Å². The zero-order chi connectivity index (χ0) is 13.2. The molecule has 3 rings (SSSR count). The van der Waals surface area contributed by atoms with E-state index in [4.69, 9.17) is 10.2 Å². The van der Waals surface area contributed by atoms with Crippen LogP contribution >= 0.6 is 0 Å². The fourth-order valence-electron chi connectivity index (χ4n) is 2.89. The van der Waals surface area contributed by atoms with Crippen molar-refractivity contribution >= 4 is 22.8 Å². The molecule has 0 saturated heterocycles. The Morgan fingerprint density at radius 2 is 2.21 bits per heavy atom. The van der Waals surface area contributed by atoms with E-state index in [1.807, 2.05) is 18.2 Å². The van der Waals surface area contributed by atoms with Gasteiger partial charge in [0.1, 0.15) is 5.52 Å². The minimum Gasteiger partial charge on any atom is -0.423 e. The lowest BCUT2D eigenvalue weighted by molar-refractivity contribution is 0.198. The molecule has 5 heteroatoms. The van der Waals surface area contributed by atoms with E-state index in [1.54, 1.807) is 0 Å². The minimum absolute atomic E-state index is 0.271. The van der Waals surface area contributed by atoms with Crippen LogP contribution in [0.4, 0.5) is 11.7 Å². The summed E-state index contributed by atoms with van der Waals surface area (Å²) in [6, 6.07) is 6.03. The van der Waals surface area contributed by atoms with Gasteiger partial charge >= 0.3 is 0 Å². The maximum absolute atomic E-state index is 9.30. The van der Waals surface area contributed by atoms with Gasteiger partial charge in [-0.05, 0) is 36.8 Å². The maximum atomic E-state index is 9.30. The molecule has 19 heavy (non-hydrogen) atoms. The number of anilines is 2. The lowest BCUT2D eigenvalue weighted by atomic mass is 9.97. The molecule has 0 spiro atoms. The molecule has 1 aliphatic carbocycles. The molecule has 1 heterocycles. The zero-order valence-corrected chi connectivity index (χ0v) is 10.8. The number of oxazole rings is 1. The zero-order valence-electron chi connectivity index (χ0n) is 10.8. The highest BCUT2D eigenvalue weighted by molar-refractivity contribution is 5.86. The predicted molar refractivity (Wildman–Crippen MR) is 74.8 cm³/mol. The second-order valence-corrected chi connectivity index (χ2v) is 5.23. The maximum Gasteiger partial charge on any atom is 0.295 e. The molecule has 2 unspecified atom stereocenters. The summed E-state index contributed by atoms with van der Waals surface area (Å²) < 4.78 is 5.61. The number of aromatic nitrogens is 1. The Hall–Kier alpha value is -1.75. The van der Waals surface area contributed by atoms with E-state index in [9.17, 15) is 5.11 Å². The molecule has 1 aromatic carbocycles. The monoisotopic (exact) mass is 261 g/mol. The number of benzene rings is 1. The van der Waals surface area contributed by atoms with Crippen LogP contribution in [-0.4, -0.2) is 23.2 Å². The molecule has 0 aliphatic heterocycles. The van der Waals surface area contributed by atoms with E-state index in [0.717, 1.165) is 19.4 Å². The Labute approximate surface area is 111 Å². The Bertz CT molecular complexity index is 567. The standard InChI is InChI=1S/C14H19N3O2/c15-11-5-2-6-12-13(11)17-14(19-12)16-7-9-3-1-4-10(9)8-18/h2,5-6,9-10,18H,1,3-4,7-8,15H2,(H,16,17). The topological polar surface area (TPSA) is 84.3 Å². The van der Waals surface area contributed by atoms with E-state index in [2.05, 4.69) is 10.3 Å². The summed E-state index contributed by atoms with van der Waals surface area (Å²) in [5.41, 5.74) is 7.88. The van der Waals surface area contributed by atoms with Crippen molar-refractivity contribution < 1.29 is 9.52 Å². The molecule has 1 aromatic heterocycles. The fraction of sp³-hybridized carbons (Fsp3) is 0.500. The van der Waals surface area contributed by atoms with Gasteiger partial charge in [0.05, 0.1) is 5.69 Å². The molecule has 1 aliphatic rings. The first kappa shape index (κ1) is 12.3. The van der Waals surface area contributed by atoms with E-state index >= 15 is 0 Å². The van der Waals surface area contributed by atoms with Crippen molar-refractivity contribution in [2.45, 2.75) is 19.3 Å². The Morgan fingerprint density at radius 3 is 3.00 bits per heavy atom. The van der Waals surface area contributed by atoms with E-state index in [0.29, 0.717) is 34.6 Å². The molecule has 0 radical (unpaired) electrons. The van der Waals surface area contributed by atoms with Gasteiger partial charge < -0.3 is 20.6 Å². The molecule has 0 amide bonds. The number of fused-ring (bicyclic) bond motifs is 1. The number of nitrogens with two attached hydrogens (primary N) is 1. The summed E-state index contributed by atoms with van der Waals surface area (Å²) in [7, 11) is 0. The third-order valence-corrected chi connectivity index (χ3v) is 4.02. The molecule has 102 valence electrons. The van der Waals surface area contributed by atoms with Gasteiger partial charge in [-0.15, -0.1) is 0 Å². The normalized spacial score (nSPS) is 23.0. The van der Waals surface area contributed by atoms with Crippen molar-refractivity contribution in [3.8, 4) is 0 Å². The quantitative estimate of drug-likeness (QED) is 0.735. The molecule has 1 fully saturated rings. The molecule has 1 saturated carbocycles. The third-order valence-electron chi connectivity index (χ3n) is 4.02. The lowest BCUT2D eigenvalue weighted by Crippen LogP contribution is -2.20. The van der Waals surface area contributed by atoms with Crippen molar-refractivity contribution in [1.29, 1.82) is 0 Å². The average molecular weight is 261 g/mol. The van der Waals surface area contributed by atoms with Gasteiger partial charge in [-0.25, -0.2) is 0 Å². The number of rotatable bonds is 4. The van der Waals surface area contributed by atoms with Crippen LogP contribution in [0.15, 0.2) is 22.6 Å².